The fourth-order valence-electron chi connectivity index (χ4n) is 3.12. The zero-order valence-corrected chi connectivity index (χ0v) is 13.9. The van der Waals surface area contributed by atoms with Crippen LogP contribution in [0.15, 0.2) is 24.3 Å². The maximum absolute atomic E-state index is 13.8. The van der Waals surface area contributed by atoms with Crippen molar-refractivity contribution in [3.05, 3.63) is 30.1 Å². The highest BCUT2D eigenvalue weighted by Crippen LogP contribution is 2.20. The Morgan fingerprint density at radius 1 is 1.08 bits per heavy atom. The molecule has 0 bridgehead atoms. The normalized spacial score (nSPS) is 19.4. The van der Waals surface area contributed by atoms with Gasteiger partial charge >= 0.3 is 6.03 Å². The van der Waals surface area contributed by atoms with Crippen molar-refractivity contribution in [2.24, 2.45) is 0 Å². The summed E-state index contributed by atoms with van der Waals surface area (Å²) in [5.41, 5.74) is 0.616. The topological polar surface area (TPSA) is 48.1 Å². The molecule has 24 heavy (non-hydrogen) atoms. The molecule has 2 fully saturated rings. The van der Waals surface area contributed by atoms with Gasteiger partial charge in [0.2, 0.25) is 0 Å². The summed E-state index contributed by atoms with van der Waals surface area (Å²) in [4.78, 5) is 18.3. The summed E-state index contributed by atoms with van der Waals surface area (Å²) in [6.07, 6.45) is 0. The molecule has 1 N–H and O–H groups in total. The maximum atomic E-state index is 13.8. The van der Waals surface area contributed by atoms with Crippen molar-refractivity contribution in [3.63, 3.8) is 0 Å². The molecular weight excluding hydrogens is 311 g/mol. The summed E-state index contributed by atoms with van der Waals surface area (Å²) in [5, 5.41) is 2.98. The van der Waals surface area contributed by atoms with Crippen LogP contribution in [0.4, 0.5) is 14.9 Å². The third-order valence-electron chi connectivity index (χ3n) is 4.57. The number of hydrogen-bond donors (Lipinski definition) is 1. The molecule has 6 nitrogen and oxygen atoms in total. The van der Waals surface area contributed by atoms with E-state index in [1.54, 1.807) is 17.0 Å². The largest absolute Gasteiger partial charge is 0.379 e. The van der Waals surface area contributed by atoms with Crippen molar-refractivity contribution in [1.29, 1.82) is 0 Å². The number of ether oxygens (including phenoxy) is 1. The molecular formula is C17H25FN4O2. The van der Waals surface area contributed by atoms with Crippen LogP contribution in [0.1, 0.15) is 0 Å². The molecule has 0 saturated carbocycles. The van der Waals surface area contributed by atoms with E-state index < -0.39 is 0 Å². The summed E-state index contributed by atoms with van der Waals surface area (Å²) in [6.45, 7) is 7.41. The number of piperazine rings is 1. The van der Waals surface area contributed by atoms with Crippen molar-refractivity contribution in [2.45, 2.75) is 0 Å². The van der Waals surface area contributed by atoms with Crippen LogP contribution in [-0.4, -0.2) is 81.4 Å². The van der Waals surface area contributed by atoms with Crippen LogP contribution in [0.3, 0.4) is 0 Å². The number of nitrogens with one attached hydrogen (secondary N) is 1. The molecule has 0 radical (unpaired) electrons. The maximum Gasteiger partial charge on any atom is 0.317 e. The summed E-state index contributed by atoms with van der Waals surface area (Å²) in [6, 6.07) is 6.75. The van der Waals surface area contributed by atoms with Gasteiger partial charge in [-0.25, -0.2) is 9.18 Å². The number of para-hydroxylation sites is 1. The van der Waals surface area contributed by atoms with Crippen LogP contribution in [-0.2, 0) is 4.74 Å². The first-order valence-corrected chi connectivity index (χ1v) is 8.56. The van der Waals surface area contributed by atoms with E-state index in [9.17, 15) is 9.18 Å². The first-order chi connectivity index (χ1) is 11.7. The second-order valence-electron chi connectivity index (χ2n) is 6.11. The van der Waals surface area contributed by atoms with E-state index in [0.717, 1.165) is 32.8 Å². The van der Waals surface area contributed by atoms with Gasteiger partial charge < -0.3 is 19.9 Å². The molecule has 132 valence electrons. The minimum atomic E-state index is -0.207. The van der Waals surface area contributed by atoms with Crippen molar-refractivity contribution >= 4 is 11.7 Å². The SMILES string of the molecule is O=C(NCCN1CCOCC1)N1CCN(c2ccccc2F)CC1. The molecule has 2 amide bonds. The Balaban J connectivity index is 1.39. The highest BCUT2D eigenvalue weighted by molar-refractivity contribution is 5.74. The Labute approximate surface area is 142 Å². The van der Waals surface area contributed by atoms with Gasteiger partial charge in [0.1, 0.15) is 5.82 Å². The predicted octanol–water partition coefficient (Wildman–Crippen LogP) is 0.990. The molecule has 2 saturated heterocycles. The van der Waals surface area contributed by atoms with Crippen LogP contribution in [0.2, 0.25) is 0 Å². The van der Waals surface area contributed by atoms with Gasteiger partial charge in [-0.15, -0.1) is 0 Å². The zero-order valence-electron chi connectivity index (χ0n) is 13.9. The molecule has 3 rings (SSSR count). The number of morpholine rings is 1. The number of carbonyl (C=O) groups is 1. The minimum absolute atomic E-state index is 0.0311. The van der Waals surface area contributed by atoms with Crippen LogP contribution >= 0.6 is 0 Å². The monoisotopic (exact) mass is 336 g/mol. The molecule has 1 aromatic rings. The van der Waals surface area contributed by atoms with Crippen LogP contribution in [0.25, 0.3) is 0 Å². The Bertz CT molecular complexity index is 543. The Kier molecular flexibility index (Phi) is 5.87. The third kappa shape index (κ3) is 4.36. The standard InChI is InChI=1S/C17H25FN4O2/c18-15-3-1-2-4-16(15)21-7-9-22(10-8-21)17(23)19-5-6-20-11-13-24-14-12-20/h1-4H,5-14H2,(H,19,23). The number of anilines is 1. The second kappa shape index (κ2) is 8.30. The number of halogens is 1. The van der Waals surface area contributed by atoms with E-state index in [2.05, 4.69) is 10.2 Å². The summed E-state index contributed by atoms with van der Waals surface area (Å²) >= 11 is 0. The number of urea groups is 1. The molecule has 2 aliphatic heterocycles. The van der Waals surface area contributed by atoms with Crippen molar-refractivity contribution in [1.82, 2.24) is 15.1 Å². The molecule has 7 heteroatoms. The van der Waals surface area contributed by atoms with E-state index >= 15 is 0 Å². The second-order valence-corrected chi connectivity index (χ2v) is 6.11. The van der Waals surface area contributed by atoms with E-state index in [0.29, 0.717) is 38.4 Å². The third-order valence-corrected chi connectivity index (χ3v) is 4.57. The smallest absolute Gasteiger partial charge is 0.317 e. The lowest BCUT2D eigenvalue weighted by Gasteiger charge is -2.36. The fraction of sp³-hybridized carbons (Fsp3) is 0.588. The first-order valence-electron chi connectivity index (χ1n) is 8.56. The summed E-state index contributed by atoms with van der Waals surface area (Å²) in [5.74, 6) is -0.207. The summed E-state index contributed by atoms with van der Waals surface area (Å²) < 4.78 is 19.1. The lowest BCUT2D eigenvalue weighted by molar-refractivity contribution is 0.0386. The highest BCUT2D eigenvalue weighted by atomic mass is 19.1. The van der Waals surface area contributed by atoms with E-state index in [1.807, 2.05) is 11.0 Å². The Morgan fingerprint density at radius 2 is 1.79 bits per heavy atom. The van der Waals surface area contributed by atoms with Gasteiger partial charge in [-0.3, -0.25) is 4.90 Å². The van der Waals surface area contributed by atoms with Gasteiger partial charge in [0.15, 0.2) is 0 Å². The lowest BCUT2D eigenvalue weighted by Crippen LogP contribution is -2.53. The molecule has 0 aromatic heterocycles. The van der Waals surface area contributed by atoms with E-state index in [-0.39, 0.29) is 11.8 Å². The molecule has 0 unspecified atom stereocenters. The van der Waals surface area contributed by atoms with Gasteiger partial charge in [0, 0.05) is 52.4 Å². The van der Waals surface area contributed by atoms with Gasteiger partial charge in [0.25, 0.3) is 0 Å². The zero-order chi connectivity index (χ0) is 16.8. The van der Waals surface area contributed by atoms with Gasteiger partial charge in [-0.2, -0.15) is 0 Å². The molecule has 2 aliphatic rings. The van der Waals surface area contributed by atoms with Crippen LogP contribution < -0.4 is 10.2 Å². The molecule has 2 heterocycles. The van der Waals surface area contributed by atoms with Gasteiger partial charge in [0.05, 0.1) is 18.9 Å². The Morgan fingerprint density at radius 3 is 2.50 bits per heavy atom. The molecule has 1 aromatic carbocycles. The van der Waals surface area contributed by atoms with Crippen LogP contribution in [0.5, 0.6) is 0 Å². The number of hydrogen-bond acceptors (Lipinski definition) is 4. The van der Waals surface area contributed by atoms with E-state index in [4.69, 9.17) is 4.74 Å². The average Bonchev–Trinajstić information content (AvgIpc) is 2.63. The van der Waals surface area contributed by atoms with Gasteiger partial charge in [-0.1, -0.05) is 12.1 Å². The molecule has 0 aliphatic carbocycles. The average molecular weight is 336 g/mol. The molecule has 0 atom stereocenters. The number of rotatable bonds is 4. The predicted molar refractivity (Wildman–Crippen MR) is 90.8 cm³/mol. The van der Waals surface area contributed by atoms with Crippen molar-refractivity contribution < 1.29 is 13.9 Å². The lowest BCUT2D eigenvalue weighted by atomic mass is 10.2. The van der Waals surface area contributed by atoms with Crippen LogP contribution in [0, 0.1) is 5.82 Å². The van der Waals surface area contributed by atoms with Gasteiger partial charge in [-0.05, 0) is 12.1 Å². The minimum Gasteiger partial charge on any atom is -0.379 e. The van der Waals surface area contributed by atoms with Crippen molar-refractivity contribution in [2.75, 3.05) is 70.5 Å². The fourth-order valence-corrected chi connectivity index (χ4v) is 3.12. The number of carbonyl (C=O) groups excluding carboxylic acids is 1. The highest BCUT2D eigenvalue weighted by Gasteiger charge is 2.22. The quantitative estimate of drug-likeness (QED) is 0.891. The Hall–Kier alpha value is -1.86. The summed E-state index contributed by atoms with van der Waals surface area (Å²) in [7, 11) is 0. The number of nitrogens with zero attached hydrogens (tertiary/aromatic N) is 3. The number of amides is 2. The van der Waals surface area contributed by atoms with Crippen molar-refractivity contribution in [3.8, 4) is 0 Å². The molecule has 0 spiro atoms. The number of benzene rings is 1. The van der Waals surface area contributed by atoms with E-state index in [1.165, 1.54) is 6.07 Å². The first kappa shape index (κ1) is 17.0.